The van der Waals surface area contributed by atoms with Crippen LogP contribution in [0, 0.1) is 23.7 Å². The van der Waals surface area contributed by atoms with Crippen LogP contribution in [-0.2, 0) is 4.43 Å². The lowest BCUT2D eigenvalue weighted by Gasteiger charge is -2.45. The first-order chi connectivity index (χ1) is 11.2. The van der Waals surface area contributed by atoms with Crippen molar-refractivity contribution >= 4 is 8.32 Å². The van der Waals surface area contributed by atoms with Crippen molar-refractivity contribution < 1.29 is 14.6 Å². The molecule has 0 aromatic carbocycles. The quantitative estimate of drug-likeness (QED) is 0.419. The van der Waals surface area contributed by atoms with Crippen molar-refractivity contribution in [1.82, 2.24) is 0 Å². The van der Waals surface area contributed by atoms with E-state index in [1.165, 1.54) is 0 Å². The number of aliphatic hydroxyl groups is 2. The Labute approximate surface area is 157 Å². The zero-order valence-electron chi connectivity index (χ0n) is 17.9. The van der Waals surface area contributed by atoms with E-state index in [4.69, 9.17) is 4.43 Å². The molecule has 0 fully saturated rings. The SMILES string of the molecule is C=C[C@@H](C)[C@@H](O)[C@H](C)C(O[Si](C)(C)C(C)(C)C)[C@H](C)[C@@H](O)[C@@H](C)C=C. The van der Waals surface area contributed by atoms with Crippen molar-refractivity contribution in [3.8, 4) is 0 Å². The van der Waals surface area contributed by atoms with Gasteiger partial charge in [0, 0.05) is 23.7 Å². The Morgan fingerprint density at radius 2 is 1.16 bits per heavy atom. The average Bonchev–Trinajstić information content (AvgIpc) is 2.54. The molecule has 0 aromatic rings. The summed E-state index contributed by atoms with van der Waals surface area (Å²) in [6, 6.07) is 0. The molecule has 1 unspecified atom stereocenters. The molecule has 0 spiro atoms. The summed E-state index contributed by atoms with van der Waals surface area (Å²) in [5.74, 6) is -0.268. The lowest BCUT2D eigenvalue weighted by Crippen LogP contribution is -2.52. The van der Waals surface area contributed by atoms with Crippen LogP contribution in [0.25, 0.3) is 0 Å². The third kappa shape index (κ3) is 6.35. The molecule has 0 rings (SSSR count). The molecule has 0 aliphatic heterocycles. The van der Waals surface area contributed by atoms with E-state index >= 15 is 0 Å². The maximum absolute atomic E-state index is 10.7. The van der Waals surface area contributed by atoms with Crippen molar-refractivity contribution in [2.75, 3.05) is 0 Å². The van der Waals surface area contributed by atoms with Crippen LogP contribution in [0.15, 0.2) is 25.3 Å². The predicted molar refractivity (Wildman–Crippen MR) is 111 cm³/mol. The summed E-state index contributed by atoms with van der Waals surface area (Å²) < 4.78 is 6.71. The molecule has 0 bridgehead atoms. The smallest absolute Gasteiger partial charge is 0.192 e. The van der Waals surface area contributed by atoms with E-state index in [-0.39, 0.29) is 34.8 Å². The second-order valence-electron chi connectivity index (χ2n) is 9.23. The highest BCUT2D eigenvalue weighted by Gasteiger charge is 2.44. The van der Waals surface area contributed by atoms with E-state index < -0.39 is 20.5 Å². The van der Waals surface area contributed by atoms with Crippen LogP contribution in [-0.4, -0.2) is 36.8 Å². The van der Waals surface area contributed by atoms with E-state index in [1.807, 2.05) is 27.7 Å². The van der Waals surface area contributed by atoms with Gasteiger partial charge in [0.1, 0.15) is 0 Å². The summed E-state index contributed by atoms with van der Waals surface area (Å²) in [6.07, 6.45) is 2.22. The summed E-state index contributed by atoms with van der Waals surface area (Å²) in [5, 5.41) is 21.6. The number of rotatable bonds is 10. The minimum absolute atomic E-state index is 0.0262. The van der Waals surface area contributed by atoms with Crippen molar-refractivity contribution in [1.29, 1.82) is 0 Å². The van der Waals surface area contributed by atoms with Gasteiger partial charge in [0.15, 0.2) is 8.32 Å². The molecular weight excluding hydrogens is 328 g/mol. The summed E-state index contributed by atoms with van der Waals surface area (Å²) in [7, 11) is -2.05. The highest BCUT2D eigenvalue weighted by Crippen LogP contribution is 2.40. The van der Waals surface area contributed by atoms with Crippen molar-refractivity contribution in [2.45, 2.75) is 84.9 Å². The topological polar surface area (TPSA) is 49.7 Å². The number of aliphatic hydroxyl groups excluding tert-OH is 2. The van der Waals surface area contributed by atoms with E-state index in [2.05, 4.69) is 47.0 Å². The molecule has 0 amide bonds. The van der Waals surface area contributed by atoms with Crippen molar-refractivity contribution in [2.24, 2.45) is 23.7 Å². The molecular formula is C21H42O3Si. The van der Waals surface area contributed by atoms with Gasteiger partial charge >= 0.3 is 0 Å². The first-order valence-electron chi connectivity index (χ1n) is 9.50. The molecule has 25 heavy (non-hydrogen) atoms. The van der Waals surface area contributed by atoms with Gasteiger partial charge in [-0.2, -0.15) is 0 Å². The highest BCUT2D eigenvalue weighted by atomic mass is 28.4. The Morgan fingerprint density at radius 3 is 1.40 bits per heavy atom. The van der Waals surface area contributed by atoms with E-state index in [9.17, 15) is 10.2 Å². The second-order valence-corrected chi connectivity index (χ2v) is 14.0. The minimum atomic E-state index is -2.05. The maximum Gasteiger partial charge on any atom is 0.192 e. The normalized spacial score (nSPS) is 21.6. The first kappa shape index (κ1) is 24.6. The van der Waals surface area contributed by atoms with Crippen LogP contribution in [0.1, 0.15) is 48.5 Å². The van der Waals surface area contributed by atoms with Gasteiger partial charge in [-0.05, 0) is 18.1 Å². The Bertz CT molecular complexity index is 401. The molecule has 0 aromatic heterocycles. The van der Waals surface area contributed by atoms with E-state index in [0.717, 1.165) is 0 Å². The molecule has 0 aliphatic carbocycles. The summed E-state index contributed by atoms with van der Waals surface area (Å²) >= 11 is 0. The Morgan fingerprint density at radius 1 is 0.840 bits per heavy atom. The van der Waals surface area contributed by atoms with Gasteiger partial charge in [-0.15, -0.1) is 13.2 Å². The van der Waals surface area contributed by atoms with Crippen LogP contribution < -0.4 is 0 Å². The molecule has 2 N–H and O–H groups in total. The fourth-order valence-corrected chi connectivity index (χ4v) is 4.30. The van der Waals surface area contributed by atoms with Crippen molar-refractivity contribution in [3.05, 3.63) is 25.3 Å². The molecule has 4 heteroatoms. The number of hydrogen-bond donors (Lipinski definition) is 2. The largest absolute Gasteiger partial charge is 0.413 e. The lowest BCUT2D eigenvalue weighted by atomic mass is 9.80. The average molecular weight is 371 g/mol. The van der Waals surface area contributed by atoms with Gasteiger partial charge in [-0.25, -0.2) is 0 Å². The van der Waals surface area contributed by atoms with Gasteiger partial charge in [0.25, 0.3) is 0 Å². The highest BCUT2D eigenvalue weighted by molar-refractivity contribution is 6.74. The van der Waals surface area contributed by atoms with Crippen LogP contribution in [0.3, 0.4) is 0 Å². The molecule has 148 valence electrons. The minimum Gasteiger partial charge on any atom is -0.413 e. The molecule has 0 radical (unpaired) electrons. The second kappa shape index (κ2) is 9.49. The summed E-state index contributed by atoms with van der Waals surface area (Å²) in [4.78, 5) is 0. The Kier molecular flexibility index (Phi) is 9.33. The Balaban J connectivity index is 5.73. The molecule has 0 saturated carbocycles. The van der Waals surface area contributed by atoms with Crippen LogP contribution in [0.5, 0.6) is 0 Å². The molecule has 0 saturated heterocycles. The van der Waals surface area contributed by atoms with Crippen LogP contribution >= 0.6 is 0 Å². The van der Waals surface area contributed by atoms with Gasteiger partial charge < -0.3 is 14.6 Å². The predicted octanol–water partition coefficient (Wildman–Crippen LogP) is 5.02. The first-order valence-corrected chi connectivity index (χ1v) is 12.4. The van der Waals surface area contributed by atoms with Gasteiger partial charge in [0.2, 0.25) is 0 Å². The third-order valence-electron chi connectivity index (χ3n) is 6.17. The van der Waals surface area contributed by atoms with Crippen molar-refractivity contribution in [3.63, 3.8) is 0 Å². The van der Waals surface area contributed by atoms with Gasteiger partial charge in [0.05, 0.1) is 18.3 Å². The summed E-state index contributed by atoms with van der Waals surface area (Å²) in [6.45, 7) is 26.6. The van der Waals surface area contributed by atoms with Crippen LogP contribution in [0.4, 0.5) is 0 Å². The Hall–Kier alpha value is -0.423. The molecule has 3 nitrogen and oxygen atoms in total. The molecule has 7 atom stereocenters. The zero-order chi connectivity index (χ0) is 20.2. The van der Waals surface area contributed by atoms with Gasteiger partial charge in [-0.3, -0.25) is 0 Å². The van der Waals surface area contributed by atoms with Crippen LogP contribution in [0.2, 0.25) is 18.1 Å². The standard InChI is InChI=1S/C21H42O3Si/c1-12-14(3)18(22)16(5)20(17(6)19(23)15(4)13-2)24-25(10,11)21(7,8)9/h12-20,22-23H,1-2H2,3-11H3/t14-,15+,16+,17-,18-,19+,20?. The van der Waals surface area contributed by atoms with E-state index in [0.29, 0.717) is 0 Å². The molecule has 0 aliphatic rings. The monoisotopic (exact) mass is 370 g/mol. The van der Waals surface area contributed by atoms with E-state index in [1.54, 1.807) is 12.2 Å². The zero-order valence-corrected chi connectivity index (χ0v) is 18.9. The molecule has 0 heterocycles. The maximum atomic E-state index is 10.7. The number of hydrogen-bond acceptors (Lipinski definition) is 3. The fraction of sp³-hybridized carbons (Fsp3) is 0.810. The summed E-state index contributed by atoms with van der Waals surface area (Å²) in [5.41, 5.74) is 0. The van der Waals surface area contributed by atoms with Gasteiger partial charge in [-0.1, -0.05) is 60.6 Å². The fourth-order valence-electron chi connectivity index (χ4n) is 2.84. The third-order valence-corrected chi connectivity index (χ3v) is 10.6. The lowest BCUT2D eigenvalue weighted by molar-refractivity contribution is -0.0532.